The molecule has 0 N–H and O–H groups in total. The largest absolute Gasteiger partial charge is 0.384 e. The minimum Gasteiger partial charge on any atom is -0.230 e. The van der Waals surface area contributed by atoms with Gasteiger partial charge in [0.2, 0.25) is 5.67 Å². The molecule has 0 aromatic carbocycles. The van der Waals surface area contributed by atoms with Crippen molar-refractivity contribution in [1.82, 2.24) is 0 Å². The molecule has 0 spiro atoms. The predicted octanol–water partition coefficient (Wildman–Crippen LogP) is 4.11. The Labute approximate surface area is 98.1 Å². The molecule has 0 heterocycles. The van der Waals surface area contributed by atoms with E-state index in [1.54, 1.807) is 0 Å². The third-order valence-corrected chi connectivity index (χ3v) is 2.92. The number of halogens is 11. The third kappa shape index (κ3) is 1.26. The Morgan fingerprint density at radius 1 is 0.474 bits per heavy atom. The van der Waals surface area contributed by atoms with Gasteiger partial charge in [0, 0.05) is 0 Å². The van der Waals surface area contributed by atoms with Gasteiger partial charge in [0.05, 0.1) is 0 Å². The molecule has 1 rings (SSSR count). The molecule has 0 unspecified atom stereocenters. The number of alkyl halides is 11. The minimum absolute atomic E-state index is 2.10. The van der Waals surface area contributed by atoms with E-state index in [0.717, 1.165) is 0 Å². The van der Waals surface area contributed by atoms with Crippen molar-refractivity contribution >= 4 is 0 Å². The van der Waals surface area contributed by atoms with Crippen molar-refractivity contribution in [2.24, 2.45) is 0 Å². The first-order chi connectivity index (χ1) is 8.06. The lowest BCUT2D eigenvalue weighted by Gasteiger charge is -2.52. The van der Waals surface area contributed by atoms with E-state index in [0.29, 0.717) is 0 Å². The van der Waals surface area contributed by atoms with Crippen LogP contribution in [0.1, 0.15) is 6.42 Å². The van der Waals surface area contributed by atoms with Gasteiger partial charge in [-0.3, -0.25) is 0 Å². The molecule has 113 valence electrons. The fraction of sp³-hybridized carbons (Fsp3) is 0.875. The van der Waals surface area contributed by atoms with Crippen LogP contribution in [0.25, 0.3) is 0 Å². The van der Waals surface area contributed by atoms with Gasteiger partial charge < -0.3 is 0 Å². The third-order valence-electron chi connectivity index (χ3n) is 2.92. The second-order valence-electron chi connectivity index (χ2n) is 3.92. The van der Waals surface area contributed by atoms with Crippen LogP contribution >= 0.6 is 0 Å². The summed E-state index contributed by atoms with van der Waals surface area (Å²) in [6, 6.07) is 0. The fourth-order valence-electron chi connectivity index (χ4n) is 1.60. The van der Waals surface area contributed by atoms with E-state index < -0.39 is 41.7 Å². The SMILES string of the molecule is [CH2]CC1(F)C(F)(F)C(F)(F)C(F)(F)C(F)(F)C1(F)F. The monoisotopic (exact) mass is 309 g/mol. The molecule has 0 aromatic heterocycles. The van der Waals surface area contributed by atoms with E-state index in [4.69, 9.17) is 0 Å². The average Bonchev–Trinajstić information content (AvgIpc) is 2.24. The van der Waals surface area contributed by atoms with Crippen molar-refractivity contribution in [3.63, 3.8) is 0 Å². The molecule has 19 heavy (non-hydrogen) atoms. The molecular formula is C8H4F11. The first-order valence-electron chi connectivity index (χ1n) is 4.43. The summed E-state index contributed by atoms with van der Waals surface area (Å²) in [4.78, 5) is 0. The van der Waals surface area contributed by atoms with Gasteiger partial charge >= 0.3 is 29.6 Å². The summed E-state index contributed by atoms with van der Waals surface area (Å²) in [5.74, 6) is -34.7. The first kappa shape index (κ1) is 16.3. The number of hydrogen-bond acceptors (Lipinski definition) is 0. The molecule has 1 saturated carbocycles. The van der Waals surface area contributed by atoms with Gasteiger partial charge in [-0.15, -0.1) is 0 Å². The predicted molar refractivity (Wildman–Crippen MR) is 38.5 cm³/mol. The molecule has 1 aliphatic carbocycles. The fourth-order valence-corrected chi connectivity index (χ4v) is 1.60. The van der Waals surface area contributed by atoms with Crippen LogP contribution < -0.4 is 0 Å². The average molecular weight is 309 g/mol. The molecule has 1 aliphatic rings. The maximum Gasteiger partial charge on any atom is 0.384 e. The normalized spacial score (nSPS) is 32.8. The van der Waals surface area contributed by atoms with Crippen LogP contribution in [0.5, 0.6) is 0 Å². The number of hydrogen-bond donors (Lipinski definition) is 0. The maximum atomic E-state index is 13.3. The van der Waals surface area contributed by atoms with Crippen LogP contribution in [-0.4, -0.2) is 35.3 Å². The summed E-state index contributed by atoms with van der Waals surface area (Å²) in [6.07, 6.45) is -2.46. The highest BCUT2D eigenvalue weighted by atomic mass is 19.4. The van der Waals surface area contributed by atoms with E-state index in [2.05, 4.69) is 6.92 Å². The Morgan fingerprint density at radius 2 is 0.684 bits per heavy atom. The van der Waals surface area contributed by atoms with Crippen molar-refractivity contribution in [3.8, 4) is 0 Å². The van der Waals surface area contributed by atoms with Gasteiger partial charge in [-0.1, -0.05) is 0 Å². The highest BCUT2D eigenvalue weighted by Gasteiger charge is 3.00. The van der Waals surface area contributed by atoms with Crippen molar-refractivity contribution in [2.45, 2.75) is 41.7 Å². The molecule has 0 aliphatic heterocycles. The van der Waals surface area contributed by atoms with E-state index in [1.807, 2.05) is 0 Å². The Balaban J connectivity index is 3.76. The second kappa shape index (κ2) is 3.46. The minimum atomic E-state index is -7.14. The van der Waals surface area contributed by atoms with Gasteiger partial charge in [-0.2, -0.15) is 43.9 Å². The van der Waals surface area contributed by atoms with Crippen molar-refractivity contribution in [3.05, 3.63) is 6.92 Å². The summed E-state index contributed by atoms with van der Waals surface area (Å²) >= 11 is 0. The van der Waals surface area contributed by atoms with E-state index in [9.17, 15) is 48.3 Å². The van der Waals surface area contributed by atoms with Crippen LogP contribution in [0.3, 0.4) is 0 Å². The van der Waals surface area contributed by atoms with Crippen molar-refractivity contribution in [1.29, 1.82) is 0 Å². The molecule has 11 heteroatoms. The molecule has 0 aromatic rings. The van der Waals surface area contributed by atoms with Gasteiger partial charge in [-0.05, 0) is 13.3 Å². The van der Waals surface area contributed by atoms with Crippen LogP contribution in [0.15, 0.2) is 0 Å². The van der Waals surface area contributed by atoms with Crippen molar-refractivity contribution in [2.75, 3.05) is 0 Å². The summed E-state index contributed by atoms with van der Waals surface area (Å²) in [6.45, 7) is 2.10. The molecule has 0 atom stereocenters. The number of rotatable bonds is 1. The van der Waals surface area contributed by atoms with E-state index >= 15 is 0 Å². The second-order valence-corrected chi connectivity index (χ2v) is 3.92. The highest BCUT2D eigenvalue weighted by Crippen LogP contribution is 2.69. The Morgan fingerprint density at radius 3 is 0.895 bits per heavy atom. The molecular weight excluding hydrogens is 305 g/mol. The lowest BCUT2D eigenvalue weighted by Crippen LogP contribution is -2.83. The zero-order valence-electron chi connectivity index (χ0n) is 8.57. The zero-order valence-corrected chi connectivity index (χ0v) is 8.57. The van der Waals surface area contributed by atoms with Gasteiger partial charge in [-0.25, -0.2) is 4.39 Å². The summed E-state index contributed by atoms with van der Waals surface area (Å²) in [5.41, 5.74) is -5.92. The molecule has 0 bridgehead atoms. The molecule has 1 radical (unpaired) electrons. The van der Waals surface area contributed by atoms with Crippen LogP contribution in [0.2, 0.25) is 0 Å². The highest BCUT2D eigenvalue weighted by molar-refractivity contribution is 5.26. The topological polar surface area (TPSA) is 0 Å². The van der Waals surface area contributed by atoms with Crippen molar-refractivity contribution < 1.29 is 48.3 Å². The molecule has 0 amide bonds. The first-order valence-corrected chi connectivity index (χ1v) is 4.43. The van der Waals surface area contributed by atoms with Crippen LogP contribution in [-0.2, 0) is 0 Å². The van der Waals surface area contributed by atoms with Crippen LogP contribution in [0.4, 0.5) is 48.3 Å². The van der Waals surface area contributed by atoms with Gasteiger partial charge in [0.25, 0.3) is 0 Å². The maximum absolute atomic E-state index is 13.3. The summed E-state index contributed by atoms with van der Waals surface area (Å²) in [7, 11) is 0. The molecule has 0 nitrogen and oxygen atoms in total. The van der Waals surface area contributed by atoms with Gasteiger partial charge in [0.1, 0.15) is 0 Å². The van der Waals surface area contributed by atoms with E-state index in [-0.39, 0.29) is 0 Å². The zero-order chi connectivity index (χ0) is 15.7. The molecule has 1 fully saturated rings. The van der Waals surface area contributed by atoms with E-state index in [1.165, 1.54) is 0 Å². The summed E-state index contributed by atoms with van der Waals surface area (Å²) < 4.78 is 141. The van der Waals surface area contributed by atoms with Gasteiger partial charge in [0.15, 0.2) is 0 Å². The quantitative estimate of drug-likeness (QED) is 0.640. The lowest BCUT2D eigenvalue weighted by molar-refractivity contribution is -0.484. The molecule has 0 saturated heterocycles. The Kier molecular flexibility index (Phi) is 2.96. The summed E-state index contributed by atoms with van der Waals surface area (Å²) in [5, 5.41) is 0. The lowest BCUT2D eigenvalue weighted by atomic mass is 9.71. The standard InChI is InChI=1S/C8H4F11/c1-2-3(9)4(10,11)6(14,15)8(18,19)7(16,17)5(3,12)13/h1-2H2. The smallest absolute Gasteiger partial charge is 0.230 e. The van der Waals surface area contributed by atoms with Crippen LogP contribution in [0, 0.1) is 6.92 Å². The Bertz CT molecular complexity index is 352. The Hall–Kier alpha value is -0.770.